The summed E-state index contributed by atoms with van der Waals surface area (Å²) in [5.74, 6) is 4.64. The van der Waals surface area contributed by atoms with Gasteiger partial charge in [0.25, 0.3) is 0 Å². The molecule has 1 rings (SSSR count). The van der Waals surface area contributed by atoms with Gasteiger partial charge in [-0.1, -0.05) is 0 Å². The lowest BCUT2D eigenvalue weighted by Gasteiger charge is -2.25. The molecule has 0 saturated carbocycles. The van der Waals surface area contributed by atoms with Gasteiger partial charge in [-0.3, -0.25) is 0 Å². The minimum atomic E-state index is -5.76. The summed E-state index contributed by atoms with van der Waals surface area (Å²) in [5, 5.41) is 7.18. The second kappa shape index (κ2) is 5.88. The van der Waals surface area contributed by atoms with Crippen LogP contribution in [0.3, 0.4) is 0 Å². The molecule has 15 heteroatoms. The van der Waals surface area contributed by atoms with E-state index >= 15 is 0 Å². The summed E-state index contributed by atoms with van der Waals surface area (Å²) in [5.41, 5.74) is -9.51. The smallest absolute Gasteiger partial charge is 0.223 e. The normalized spacial score (nSPS) is 12.9. The number of nitrogens with two attached hydrogens (primary N) is 1. The maximum Gasteiger partial charge on any atom is 0.418 e. The van der Waals surface area contributed by atoms with E-state index in [4.69, 9.17) is 0 Å². The van der Waals surface area contributed by atoms with Crippen LogP contribution in [-0.4, -0.2) is 5.09 Å². The first-order chi connectivity index (χ1) is 10.5. The minimum absolute atomic E-state index is 0.673. The number of nitrogens with zero attached hydrogens (tertiary/aromatic N) is 2. The number of hydrazine groups is 1. The Hall–Kier alpha value is -2.45. The van der Waals surface area contributed by atoms with Crippen molar-refractivity contribution in [2.45, 2.75) is 18.5 Å². The van der Waals surface area contributed by atoms with Crippen LogP contribution in [0.15, 0.2) is 12.1 Å². The van der Waals surface area contributed by atoms with E-state index in [2.05, 4.69) is 10.8 Å². The van der Waals surface area contributed by atoms with Crippen LogP contribution in [-0.2, 0) is 23.5 Å². The number of benzene rings is 1. The lowest BCUT2D eigenvalue weighted by atomic mass is 10.0. The van der Waals surface area contributed by atoms with Gasteiger partial charge < -0.3 is 0 Å². The van der Waals surface area contributed by atoms with Gasteiger partial charge in [0.2, 0.25) is 0 Å². The monoisotopic (exact) mass is 373 g/mol. The molecule has 0 radical (unpaired) electrons. The van der Waals surface area contributed by atoms with Crippen molar-refractivity contribution < 1.29 is 49.5 Å². The lowest BCUT2D eigenvalue weighted by molar-refractivity contribution is -0.762. The summed E-state index contributed by atoms with van der Waals surface area (Å²) >= 11 is 0. The first-order valence-corrected chi connectivity index (χ1v) is 5.32. The van der Waals surface area contributed by atoms with E-state index < -0.39 is 63.3 Å². The number of anilines is 1. The minimum Gasteiger partial charge on any atom is -0.223 e. The van der Waals surface area contributed by atoms with Crippen molar-refractivity contribution in [3.8, 4) is 0 Å². The highest BCUT2D eigenvalue weighted by Gasteiger charge is 2.46. The predicted molar refractivity (Wildman–Crippen MR) is 56.2 cm³/mol. The second-order valence-electron chi connectivity index (χ2n) is 4.04. The van der Waals surface area contributed by atoms with E-state index in [1.807, 2.05) is 0 Å². The fraction of sp³-hybridized carbons (Fsp3) is 0.333. The van der Waals surface area contributed by atoms with E-state index in [0.717, 1.165) is 0 Å². The summed E-state index contributed by atoms with van der Waals surface area (Å²) in [6, 6.07) is -1.35. The fourth-order valence-electron chi connectivity index (χ4n) is 1.58. The molecule has 0 bridgehead atoms. The van der Waals surface area contributed by atoms with Crippen LogP contribution in [0.2, 0.25) is 0 Å². The van der Waals surface area contributed by atoms with E-state index in [0.29, 0.717) is 0 Å². The zero-order valence-corrected chi connectivity index (χ0v) is 10.8. The number of hydrogen-bond donors (Lipinski definition) is 1. The molecule has 0 saturated heterocycles. The molecule has 0 unspecified atom stereocenters. The SMILES string of the molecule is NN(O[N+](=O)[O-])c1c(C(F)(F)F)cc(C(F)(F)F)cc1C(F)(F)F. The Morgan fingerprint density at radius 3 is 1.54 bits per heavy atom. The first kappa shape index (κ1) is 19.6. The molecule has 0 fully saturated rings. The molecule has 0 aliphatic rings. The van der Waals surface area contributed by atoms with E-state index in [-0.39, 0.29) is 0 Å². The third-order valence-electron chi connectivity index (χ3n) is 2.42. The Labute approximate surface area is 125 Å². The molecule has 136 valence electrons. The quantitative estimate of drug-likeness (QED) is 0.379. The average Bonchev–Trinajstić information content (AvgIpc) is 2.32. The van der Waals surface area contributed by atoms with Crippen LogP contribution in [0, 0.1) is 10.1 Å². The summed E-state index contributed by atoms with van der Waals surface area (Å²) < 4.78 is 115. The van der Waals surface area contributed by atoms with Gasteiger partial charge in [-0.25, -0.2) is 5.84 Å². The molecule has 2 N–H and O–H groups in total. The maximum atomic E-state index is 12.8. The summed E-state index contributed by atoms with van der Waals surface area (Å²) in [6.45, 7) is 0. The number of hydrogen-bond acceptors (Lipinski definition) is 5. The van der Waals surface area contributed by atoms with Crippen LogP contribution in [0.1, 0.15) is 16.7 Å². The molecule has 0 amide bonds. The van der Waals surface area contributed by atoms with Crippen molar-refractivity contribution in [1.29, 1.82) is 0 Å². The van der Waals surface area contributed by atoms with Gasteiger partial charge in [0.05, 0.1) is 16.7 Å². The molecule has 0 heterocycles. The van der Waals surface area contributed by atoms with Gasteiger partial charge >= 0.3 is 23.6 Å². The molecule has 1 aromatic carbocycles. The Morgan fingerprint density at radius 1 is 0.917 bits per heavy atom. The first-order valence-electron chi connectivity index (χ1n) is 5.32. The standard InChI is InChI=1S/C9H4F9N3O3/c10-7(11,12)3-1-4(8(13,14)15)6(20(19)24-21(22)23)5(2-3)9(16,17)18/h1-2H,19H2. The third-order valence-corrected chi connectivity index (χ3v) is 2.42. The zero-order valence-electron chi connectivity index (χ0n) is 10.8. The van der Waals surface area contributed by atoms with E-state index in [9.17, 15) is 49.6 Å². The predicted octanol–water partition coefficient (Wildman–Crippen LogP) is 3.55. The fourth-order valence-corrected chi connectivity index (χ4v) is 1.58. The number of rotatable bonds is 3. The van der Waals surface area contributed by atoms with Crippen LogP contribution in [0.4, 0.5) is 45.2 Å². The summed E-state index contributed by atoms with van der Waals surface area (Å²) in [6.07, 6.45) is -17.1. The van der Waals surface area contributed by atoms with Crippen molar-refractivity contribution in [3.05, 3.63) is 38.9 Å². The van der Waals surface area contributed by atoms with Crippen LogP contribution in [0.25, 0.3) is 0 Å². The molecular formula is C9H4F9N3O3. The van der Waals surface area contributed by atoms with Crippen molar-refractivity contribution in [3.63, 3.8) is 0 Å². The molecule has 24 heavy (non-hydrogen) atoms. The highest BCUT2D eigenvalue weighted by atomic mass is 19.4. The van der Waals surface area contributed by atoms with Crippen LogP contribution < -0.4 is 11.0 Å². The number of halogens is 9. The Balaban J connectivity index is 3.84. The Kier molecular flexibility index (Phi) is 4.80. The average molecular weight is 373 g/mol. The van der Waals surface area contributed by atoms with Gasteiger partial charge in [-0.2, -0.15) is 44.5 Å². The highest BCUT2D eigenvalue weighted by molar-refractivity contribution is 5.61. The van der Waals surface area contributed by atoms with Crippen LogP contribution >= 0.6 is 0 Å². The molecule has 1 aromatic rings. The topological polar surface area (TPSA) is 81.6 Å². The number of alkyl halides is 9. The largest absolute Gasteiger partial charge is 0.418 e. The Bertz CT molecular complexity index is 603. The molecule has 0 aliphatic heterocycles. The van der Waals surface area contributed by atoms with Crippen molar-refractivity contribution in [2.75, 3.05) is 5.17 Å². The Morgan fingerprint density at radius 2 is 1.29 bits per heavy atom. The molecular weight excluding hydrogens is 369 g/mol. The van der Waals surface area contributed by atoms with Crippen molar-refractivity contribution >= 4 is 5.69 Å². The van der Waals surface area contributed by atoms with Gasteiger partial charge in [0.1, 0.15) is 5.69 Å². The molecule has 0 aromatic heterocycles. The highest BCUT2D eigenvalue weighted by Crippen LogP contribution is 2.47. The second-order valence-corrected chi connectivity index (χ2v) is 4.04. The van der Waals surface area contributed by atoms with E-state index in [1.165, 1.54) is 0 Å². The van der Waals surface area contributed by atoms with Gasteiger partial charge in [-0.15, -0.1) is 15.3 Å². The summed E-state index contributed by atoms with van der Waals surface area (Å²) in [4.78, 5) is 13.3. The molecule has 0 atom stereocenters. The maximum absolute atomic E-state index is 12.8. The zero-order chi connectivity index (χ0) is 19.1. The third kappa shape index (κ3) is 4.30. The van der Waals surface area contributed by atoms with Crippen molar-refractivity contribution in [2.24, 2.45) is 5.84 Å². The van der Waals surface area contributed by atoms with E-state index in [1.54, 1.807) is 0 Å². The van der Waals surface area contributed by atoms with Crippen molar-refractivity contribution in [1.82, 2.24) is 0 Å². The van der Waals surface area contributed by atoms with Gasteiger partial charge in [0.15, 0.2) is 0 Å². The molecule has 0 aliphatic carbocycles. The van der Waals surface area contributed by atoms with Gasteiger partial charge in [-0.05, 0) is 12.1 Å². The lowest BCUT2D eigenvalue weighted by Crippen LogP contribution is -2.37. The van der Waals surface area contributed by atoms with Gasteiger partial charge in [0, 0.05) is 0 Å². The van der Waals surface area contributed by atoms with Crippen LogP contribution in [0.5, 0.6) is 0 Å². The summed E-state index contributed by atoms with van der Waals surface area (Å²) in [7, 11) is 0. The molecule has 6 nitrogen and oxygen atoms in total. The molecule has 0 spiro atoms.